The maximum absolute atomic E-state index is 12.8. The normalized spacial score (nSPS) is 19.5. The van der Waals surface area contributed by atoms with E-state index < -0.39 is 26.8 Å². The number of benzene rings is 1. The van der Waals surface area contributed by atoms with Crippen LogP contribution in [0.15, 0.2) is 33.6 Å². The molecule has 23 heavy (non-hydrogen) atoms. The van der Waals surface area contributed by atoms with Crippen LogP contribution in [0.4, 0.5) is 4.79 Å². The third-order valence-corrected chi connectivity index (χ3v) is 6.26. The van der Waals surface area contributed by atoms with Crippen LogP contribution < -0.4 is 0 Å². The van der Waals surface area contributed by atoms with E-state index in [9.17, 15) is 13.2 Å². The molecule has 2 rings (SSSR count). The summed E-state index contributed by atoms with van der Waals surface area (Å²) in [6.07, 6.45) is 0.748. The van der Waals surface area contributed by atoms with Crippen LogP contribution in [0.25, 0.3) is 0 Å². The highest BCUT2D eigenvalue weighted by Gasteiger charge is 2.35. The molecule has 0 unspecified atom stereocenters. The smallest absolute Gasteiger partial charge is 0.410 e. The Morgan fingerprint density at radius 3 is 2.65 bits per heavy atom. The van der Waals surface area contributed by atoms with Gasteiger partial charge >= 0.3 is 6.09 Å². The second-order valence-electron chi connectivity index (χ2n) is 6.69. The molecule has 1 saturated heterocycles. The number of halogens is 1. The van der Waals surface area contributed by atoms with Gasteiger partial charge in [-0.1, -0.05) is 22.0 Å². The Kier molecular flexibility index (Phi) is 5.41. The number of sulfone groups is 1. The van der Waals surface area contributed by atoms with Crippen molar-refractivity contribution in [2.24, 2.45) is 0 Å². The van der Waals surface area contributed by atoms with E-state index in [2.05, 4.69) is 15.9 Å². The average Bonchev–Trinajstić information content (AvgIpc) is 2.45. The van der Waals surface area contributed by atoms with Crippen molar-refractivity contribution in [1.82, 2.24) is 4.90 Å². The Hall–Kier alpha value is -1.08. The zero-order valence-electron chi connectivity index (χ0n) is 13.6. The van der Waals surface area contributed by atoms with Crippen molar-refractivity contribution in [1.29, 1.82) is 0 Å². The van der Waals surface area contributed by atoms with E-state index in [1.807, 2.05) is 0 Å². The van der Waals surface area contributed by atoms with Crippen LogP contribution >= 0.6 is 15.9 Å². The Morgan fingerprint density at radius 1 is 1.35 bits per heavy atom. The molecule has 7 heteroatoms. The second-order valence-corrected chi connectivity index (χ2v) is 9.84. The molecule has 1 aliphatic rings. The lowest BCUT2D eigenvalue weighted by atomic mass is 10.1. The third-order valence-electron chi connectivity index (χ3n) is 3.59. The summed E-state index contributed by atoms with van der Waals surface area (Å²) in [4.78, 5) is 14.0. The predicted molar refractivity (Wildman–Crippen MR) is 92.2 cm³/mol. The van der Waals surface area contributed by atoms with Crippen molar-refractivity contribution in [3.8, 4) is 0 Å². The van der Waals surface area contributed by atoms with Gasteiger partial charge in [0.2, 0.25) is 0 Å². The number of hydrogen-bond donors (Lipinski definition) is 0. The summed E-state index contributed by atoms with van der Waals surface area (Å²) in [5.41, 5.74) is -0.590. The Bertz CT molecular complexity index is 682. The van der Waals surface area contributed by atoms with Crippen molar-refractivity contribution < 1.29 is 17.9 Å². The number of carbonyl (C=O) groups excluding carboxylic acids is 1. The van der Waals surface area contributed by atoms with Crippen molar-refractivity contribution in [2.75, 3.05) is 13.1 Å². The first-order valence-corrected chi connectivity index (χ1v) is 9.91. The number of amides is 1. The monoisotopic (exact) mass is 403 g/mol. The molecule has 5 nitrogen and oxygen atoms in total. The molecule has 0 N–H and O–H groups in total. The lowest BCUT2D eigenvalue weighted by Crippen LogP contribution is -2.47. The Labute approximate surface area is 146 Å². The van der Waals surface area contributed by atoms with E-state index in [1.54, 1.807) is 45.0 Å². The zero-order valence-corrected chi connectivity index (χ0v) is 16.0. The van der Waals surface area contributed by atoms with E-state index in [4.69, 9.17) is 4.74 Å². The van der Waals surface area contributed by atoms with Crippen LogP contribution in [-0.4, -0.2) is 43.4 Å². The van der Waals surface area contributed by atoms with Crippen LogP contribution in [-0.2, 0) is 14.6 Å². The minimum Gasteiger partial charge on any atom is -0.444 e. The summed E-state index contributed by atoms with van der Waals surface area (Å²) in [6.45, 7) is 6.09. The second kappa shape index (κ2) is 6.81. The maximum atomic E-state index is 12.8. The number of likely N-dealkylation sites (tertiary alicyclic amines) is 1. The zero-order chi connectivity index (χ0) is 17.3. The fourth-order valence-corrected chi connectivity index (χ4v) is 4.87. The van der Waals surface area contributed by atoms with Gasteiger partial charge in [-0.2, -0.15) is 0 Å². The van der Waals surface area contributed by atoms with Crippen LogP contribution in [0.1, 0.15) is 33.6 Å². The third kappa shape index (κ3) is 4.70. The van der Waals surface area contributed by atoms with Crippen LogP contribution in [0.3, 0.4) is 0 Å². The first-order chi connectivity index (χ1) is 10.6. The fourth-order valence-electron chi connectivity index (χ4n) is 2.52. The summed E-state index contributed by atoms with van der Waals surface area (Å²) < 4.78 is 31.7. The molecule has 128 valence electrons. The van der Waals surface area contributed by atoms with Crippen molar-refractivity contribution in [3.05, 3.63) is 28.7 Å². The number of nitrogens with zero attached hydrogens (tertiary/aromatic N) is 1. The molecule has 0 bridgehead atoms. The van der Waals surface area contributed by atoms with Crippen molar-refractivity contribution >= 4 is 31.9 Å². The van der Waals surface area contributed by atoms with Gasteiger partial charge < -0.3 is 9.64 Å². The molecule has 0 aliphatic carbocycles. The largest absolute Gasteiger partial charge is 0.444 e. The predicted octanol–water partition coefficient (Wildman–Crippen LogP) is 3.62. The van der Waals surface area contributed by atoms with E-state index in [1.165, 1.54) is 4.90 Å². The van der Waals surface area contributed by atoms with E-state index in [-0.39, 0.29) is 11.4 Å². The highest BCUT2D eigenvalue weighted by molar-refractivity contribution is 9.10. The molecule has 0 aromatic heterocycles. The highest BCUT2D eigenvalue weighted by atomic mass is 79.9. The molecule has 0 saturated carbocycles. The summed E-state index contributed by atoms with van der Waals surface area (Å²) in [5, 5.41) is -0.599. The fraction of sp³-hybridized carbons (Fsp3) is 0.562. The van der Waals surface area contributed by atoms with Gasteiger partial charge in [-0.3, -0.25) is 0 Å². The van der Waals surface area contributed by atoms with E-state index in [0.717, 1.165) is 4.47 Å². The molecule has 1 atom stereocenters. The minimum atomic E-state index is -3.47. The molecule has 1 aromatic rings. The minimum absolute atomic E-state index is 0.170. The van der Waals surface area contributed by atoms with E-state index >= 15 is 0 Å². The number of hydrogen-bond acceptors (Lipinski definition) is 4. The first kappa shape index (κ1) is 18.3. The van der Waals surface area contributed by atoms with Crippen LogP contribution in [0, 0.1) is 0 Å². The highest BCUT2D eigenvalue weighted by Crippen LogP contribution is 2.26. The number of ether oxygens (including phenoxy) is 1. The SMILES string of the molecule is CC(C)(C)OC(=O)N1CCC[C@@H](S(=O)(=O)c2cccc(Br)c2)C1. The van der Waals surface area contributed by atoms with Gasteiger partial charge in [-0.25, -0.2) is 13.2 Å². The lowest BCUT2D eigenvalue weighted by Gasteiger charge is -2.33. The molecule has 1 heterocycles. The molecule has 0 spiro atoms. The van der Waals surface area contributed by atoms with Gasteiger partial charge in [0.05, 0.1) is 10.1 Å². The average molecular weight is 404 g/mol. The number of piperidine rings is 1. The Morgan fingerprint density at radius 2 is 2.04 bits per heavy atom. The van der Waals surface area contributed by atoms with Crippen LogP contribution in [0.5, 0.6) is 0 Å². The maximum Gasteiger partial charge on any atom is 0.410 e. The van der Waals surface area contributed by atoms with Gasteiger partial charge in [0.1, 0.15) is 5.60 Å². The number of carbonyl (C=O) groups is 1. The van der Waals surface area contributed by atoms with Gasteiger partial charge in [0.15, 0.2) is 9.84 Å². The van der Waals surface area contributed by atoms with Gasteiger partial charge in [-0.05, 0) is 51.8 Å². The summed E-state index contributed by atoms with van der Waals surface area (Å²) in [6, 6.07) is 6.67. The summed E-state index contributed by atoms with van der Waals surface area (Å²) >= 11 is 3.30. The molecule has 1 fully saturated rings. The Balaban J connectivity index is 2.16. The molecular formula is C16H22BrNO4S. The van der Waals surface area contributed by atoms with Crippen LogP contribution in [0.2, 0.25) is 0 Å². The van der Waals surface area contributed by atoms with E-state index in [0.29, 0.717) is 19.4 Å². The van der Waals surface area contributed by atoms with Gasteiger partial charge in [0, 0.05) is 17.6 Å². The van der Waals surface area contributed by atoms with Crippen molar-refractivity contribution in [2.45, 2.75) is 49.4 Å². The van der Waals surface area contributed by atoms with Gasteiger partial charge in [-0.15, -0.1) is 0 Å². The molecule has 1 aromatic carbocycles. The standard InChI is InChI=1S/C16H22BrNO4S/c1-16(2,3)22-15(19)18-9-5-8-14(11-18)23(20,21)13-7-4-6-12(17)10-13/h4,6-7,10,14H,5,8-9,11H2,1-3H3/t14-/m1/s1. The van der Waals surface area contributed by atoms with Gasteiger partial charge in [0.25, 0.3) is 0 Å². The molecular weight excluding hydrogens is 382 g/mol. The topological polar surface area (TPSA) is 63.7 Å². The summed E-state index contributed by atoms with van der Waals surface area (Å²) in [5.74, 6) is 0. The number of rotatable bonds is 2. The summed E-state index contributed by atoms with van der Waals surface area (Å²) in [7, 11) is -3.47. The molecule has 0 radical (unpaired) electrons. The van der Waals surface area contributed by atoms with Crippen molar-refractivity contribution in [3.63, 3.8) is 0 Å². The lowest BCUT2D eigenvalue weighted by molar-refractivity contribution is 0.0219. The first-order valence-electron chi connectivity index (χ1n) is 7.57. The quantitative estimate of drug-likeness (QED) is 0.755. The molecule has 1 aliphatic heterocycles. The molecule has 1 amide bonds.